The molecule has 0 spiro atoms. The monoisotopic (exact) mass is 510 g/mol. The van der Waals surface area contributed by atoms with E-state index in [1.165, 1.54) is 24.9 Å². The van der Waals surface area contributed by atoms with E-state index in [2.05, 4.69) is 46.7 Å². The lowest BCUT2D eigenvalue weighted by Gasteiger charge is -2.28. The number of ether oxygens (including phenoxy) is 2. The summed E-state index contributed by atoms with van der Waals surface area (Å²) in [5.41, 5.74) is 1.71. The van der Waals surface area contributed by atoms with Crippen molar-refractivity contribution in [3.8, 4) is 11.5 Å². The van der Waals surface area contributed by atoms with Gasteiger partial charge in [-0.05, 0) is 48.1 Å². The van der Waals surface area contributed by atoms with Gasteiger partial charge >= 0.3 is 5.97 Å². The molecule has 3 aromatic carbocycles. The summed E-state index contributed by atoms with van der Waals surface area (Å²) in [4.78, 5) is 29.9. The highest BCUT2D eigenvalue weighted by molar-refractivity contribution is 5.98. The van der Waals surface area contributed by atoms with Crippen LogP contribution in [0, 0.1) is 0 Å². The molecular formula is C31H30N2O5. The fourth-order valence-electron chi connectivity index (χ4n) is 5.45. The molecule has 1 fully saturated rings. The van der Waals surface area contributed by atoms with Crippen molar-refractivity contribution in [2.75, 3.05) is 7.11 Å². The van der Waals surface area contributed by atoms with Crippen molar-refractivity contribution < 1.29 is 24.2 Å². The van der Waals surface area contributed by atoms with E-state index in [0.29, 0.717) is 0 Å². The number of rotatable bonds is 8. The number of carbonyl (C=O) groups excluding carboxylic acids is 2. The number of aromatic hydroxyl groups is 1. The van der Waals surface area contributed by atoms with Gasteiger partial charge in [0, 0.05) is 17.7 Å². The maximum Gasteiger partial charge on any atom is 0.328 e. The van der Waals surface area contributed by atoms with Gasteiger partial charge in [0.15, 0.2) is 17.2 Å². The summed E-state index contributed by atoms with van der Waals surface area (Å²) in [5, 5.41) is 15.1. The second-order valence-electron chi connectivity index (χ2n) is 9.72. The molecule has 1 aliphatic carbocycles. The molecule has 0 radical (unpaired) electrons. The van der Waals surface area contributed by atoms with Crippen LogP contribution in [-0.2, 0) is 14.9 Å². The van der Waals surface area contributed by atoms with Crippen LogP contribution in [0.2, 0.25) is 0 Å². The topological polar surface area (TPSA) is 97.8 Å². The summed E-state index contributed by atoms with van der Waals surface area (Å²) in [5.74, 6) is -1.35. The number of benzene rings is 3. The highest BCUT2D eigenvalue weighted by atomic mass is 16.5. The molecule has 1 heterocycles. The highest BCUT2D eigenvalue weighted by Gasteiger charge is 2.61. The van der Waals surface area contributed by atoms with E-state index in [1.54, 1.807) is 6.92 Å². The molecule has 4 atom stereocenters. The molecule has 4 aromatic rings. The molecule has 3 unspecified atom stereocenters. The molecule has 5 rings (SSSR count). The SMILES string of the molecule is COc1ccnc(C(=O)N[C@@H](C)C(=O)OC(C)C2(c3cccc4ccccc34)CC2c2ccccc2)c1O. The third-order valence-corrected chi connectivity index (χ3v) is 7.54. The Bertz CT molecular complexity index is 1480. The molecule has 0 bridgehead atoms. The second kappa shape index (κ2) is 10.2. The lowest BCUT2D eigenvalue weighted by Crippen LogP contribution is -2.42. The van der Waals surface area contributed by atoms with Gasteiger partial charge in [-0.1, -0.05) is 72.8 Å². The molecule has 1 aromatic heterocycles. The summed E-state index contributed by atoms with van der Waals surface area (Å²) >= 11 is 0. The standard InChI is InChI=1S/C31H30N2O5/c1-19(33-29(35)27-28(34)26(37-3)16-17-32-27)30(36)38-20(2)31(18-25(31)22-11-5-4-6-12-22)24-15-9-13-21-10-7-8-14-23(21)24/h4-17,19-20,25,34H,18H2,1-3H3,(H,33,35)/t19-,20?,25?,31?/m0/s1. The molecule has 38 heavy (non-hydrogen) atoms. The maximum atomic E-state index is 13.2. The van der Waals surface area contributed by atoms with Crippen molar-refractivity contribution in [2.45, 2.75) is 43.7 Å². The van der Waals surface area contributed by atoms with Crippen molar-refractivity contribution in [3.63, 3.8) is 0 Å². The van der Waals surface area contributed by atoms with Gasteiger partial charge in [0.05, 0.1) is 7.11 Å². The minimum atomic E-state index is -0.962. The van der Waals surface area contributed by atoms with Crippen LogP contribution in [0.25, 0.3) is 10.8 Å². The zero-order chi connectivity index (χ0) is 26.9. The molecule has 7 nitrogen and oxygen atoms in total. The average molecular weight is 511 g/mol. The molecular weight excluding hydrogens is 480 g/mol. The third-order valence-electron chi connectivity index (χ3n) is 7.54. The van der Waals surface area contributed by atoms with Crippen molar-refractivity contribution in [3.05, 3.63) is 102 Å². The number of methoxy groups -OCH3 is 1. The van der Waals surface area contributed by atoms with E-state index in [9.17, 15) is 14.7 Å². The number of fused-ring (bicyclic) bond motifs is 1. The van der Waals surface area contributed by atoms with Crippen molar-refractivity contribution in [2.24, 2.45) is 0 Å². The smallest absolute Gasteiger partial charge is 0.328 e. The Hall–Kier alpha value is -4.39. The van der Waals surface area contributed by atoms with Crippen LogP contribution in [0.15, 0.2) is 85.1 Å². The Kier molecular flexibility index (Phi) is 6.76. The molecule has 1 amide bonds. The number of nitrogens with zero attached hydrogens (tertiary/aromatic N) is 1. The van der Waals surface area contributed by atoms with Crippen LogP contribution in [0.3, 0.4) is 0 Å². The van der Waals surface area contributed by atoms with Gasteiger partial charge in [-0.15, -0.1) is 0 Å². The first-order valence-electron chi connectivity index (χ1n) is 12.6. The summed E-state index contributed by atoms with van der Waals surface area (Å²) in [7, 11) is 1.38. The summed E-state index contributed by atoms with van der Waals surface area (Å²) in [6.45, 7) is 3.48. The van der Waals surface area contributed by atoms with Gasteiger partial charge in [-0.3, -0.25) is 4.79 Å². The summed E-state index contributed by atoms with van der Waals surface area (Å²) in [6.07, 6.45) is 1.72. The number of esters is 1. The van der Waals surface area contributed by atoms with Gasteiger partial charge in [0.1, 0.15) is 12.1 Å². The zero-order valence-electron chi connectivity index (χ0n) is 21.5. The number of nitrogens with one attached hydrogen (secondary N) is 1. The fraction of sp³-hybridized carbons (Fsp3) is 0.258. The first-order chi connectivity index (χ1) is 18.4. The minimum Gasteiger partial charge on any atom is -0.503 e. The van der Waals surface area contributed by atoms with Crippen LogP contribution in [0.4, 0.5) is 0 Å². The Balaban J connectivity index is 1.40. The van der Waals surface area contributed by atoms with E-state index < -0.39 is 29.4 Å². The Morgan fingerprint density at radius 3 is 2.47 bits per heavy atom. The van der Waals surface area contributed by atoms with Gasteiger partial charge in [-0.2, -0.15) is 0 Å². The summed E-state index contributed by atoms with van der Waals surface area (Å²) in [6, 6.07) is 25.2. The van der Waals surface area contributed by atoms with Gasteiger partial charge in [0.2, 0.25) is 0 Å². The van der Waals surface area contributed by atoms with Crippen LogP contribution < -0.4 is 10.1 Å². The molecule has 0 saturated heterocycles. The summed E-state index contributed by atoms with van der Waals surface area (Å²) < 4.78 is 11.1. The Morgan fingerprint density at radius 2 is 1.71 bits per heavy atom. The van der Waals surface area contributed by atoms with Crippen molar-refractivity contribution in [1.82, 2.24) is 10.3 Å². The largest absolute Gasteiger partial charge is 0.503 e. The Labute approximate surface area is 221 Å². The van der Waals surface area contributed by atoms with E-state index in [0.717, 1.165) is 22.8 Å². The third kappa shape index (κ3) is 4.45. The normalized spacial score (nSPS) is 19.8. The Morgan fingerprint density at radius 1 is 1.00 bits per heavy atom. The van der Waals surface area contributed by atoms with Gasteiger partial charge in [-0.25, -0.2) is 9.78 Å². The van der Waals surface area contributed by atoms with Gasteiger partial charge < -0.3 is 19.9 Å². The molecule has 7 heteroatoms. The molecule has 1 saturated carbocycles. The fourth-order valence-corrected chi connectivity index (χ4v) is 5.45. The molecule has 194 valence electrons. The molecule has 0 aliphatic heterocycles. The maximum absolute atomic E-state index is 13.2. The quantitative estimate of drug-likeness (QED) is 0.319. The van der Waals surface area contributed by atoms with Crippen LogP contribution >= 0.6 is 0 Å². The first kappa shape index (κ1) is 25.3. The molecule has 1 aliphatic rings. The number of aromatic nitrogens is 1. The number of hydrogen-bond donors (Lipinski definition) is 2. The zero-order valence-corrected chi connectivity index (χ0v) is 21.5. The lowest BCUT2D eigenvalue weighted by atomic mass is 9.83. The van der Waals surface area contributed by atoms with Crippen molar-refractivity contribution in [1.29, 1.82) is 0 Å². The predicted octanol–water partition coefficient (Wildman–Crippen LogP) is 5.12. The van der Waals surface area contributed by atoms with E-state index in [1.807, 2.05) is 43.3 Å². The van der Waals surface area contributed by atoms with Gasteiger partial charge in [0.25, 0.3) is 5.91 Å². The predicted molar refractivity (Wildman–Crippen MR) is 144 cm³/mol. The molecule has 2 N–H and O–H groups in total. The van der Waals surface area contributed by atoms with Crippen LogP contribution in [-0.4, -0.2) is 41.2 Å². The van der Waals surface area contributed by atoms with Crippen molar-refractivity contribution >= 4 is 22.6 Å². The second-order valence-corrected chi connectivity index (χ2v) is 9.72. The van der Waals surface area contributed by atoms with E-state index in [-0.39, 0.29) is 23.1 Å². The number of hydrogen-bond acceptors (Lipinski definition) is 6. The average Bonchev–Trinajstić information content (AvgIpc) is 3.70. The van der Waals surface area contributed by atoms with E-state index >= 15 is 0 Å². The highest BCUT2D eigenvalue weighted by Crippen LogP contribution is 2.64. The van der Waals surface area contributed by atoms with Crippen LogP contribution in [0.1, 0.15) is 47.8 Å². The number of amides is 1. The van der Waals surface area contributed by atoms with E-state index in [4.69, 9.17) is 9.47 Å². The first-order valence-corrected chi connectivity index (χ1v) is 12.6. The minimum absolute atomic E-state index is 0.117. The number of carbonyl (C=O) groups is 2. The number of pyridine rings is 1. The van der Waals surface area contributed by atoms with Crippen LogP contribution in [0.5, 0.6) is 11.5 Å². The lowest BCUT2D eigenvalue weighted by molar-refractivity contribution is -0.151.